The van der Waals surface area contributed by atoms with Gasteiger partial charge in [-0.15, -0.1) is 10.2 Å². The van der Waals surface area contributed by atoms with Crippen LogP contribution in [0.2, 0.25) is 0 Å². The molecule has 0 aliphatic carbocycles. The van der Waals surface area contributed by atoms with E-state index in [0.29, 0.717) is 24.0 Å². The molecule has 0 unspecified atom stereocenters. The van der Waals surface area contributed by atoms with E-state index in [2.05, 4.69) is 15.5 Å². The first-order chi connectivity index (χ1) is 15.1. The smallest absolute Gasteiger partial charge is 0.304 e. The molecule has 0 aromatic heterocycles. The first kappa shape index (κ1) is 23.7. The highest BCUT2D eigenvalue weighted by atomic mass is 16.6. The Hall–Kier alpha value is -4.60. The van der Waals surface area contributed by atoms with Gasteiger partial charge in [-0.1, -0.05) is 0 Å². The van der Waals surface area contributed by atoms with E-state index in [4.69, 9.17) is 4.74 Å². The van der Waals surface area contributed by atoms with E-state index in [0.717, 1.165) is 6.07 Å². The van der Waals surface area contributed by atoms with Crippen molar-refractivity contribution in [2.45, 2.75) is 13.8 Å². The van der Waals surface area contributed by atoms with Crippen molar-refractivity contribution in [3.05, 3.63) is 50.1 Å². The topological polar surface area (TPSA) is 176 Å². The normalized spacial score (nSPS) is 10.5. The maximum Gasteiger partial charge on any atom is 0.304 e. The predicted molar refractivity (Wildman–Crippen MR) is 115 cm³/mol. The number of ether oxygens (including phenoxy) is 1. The molecular weight excluding hydrogens is 422 g/mol. The van der Waals surface area contributed by atoms with Crippen molar-refractivity contribution >= 4 is 40.0 Å². The molecular formula is C19H19N7O6. The Morgan fingerprint density at radius 1 is 1.22 bits per heavy atom. The van der Waals surface area contributed by atoms with Gasteiger partial charge in [-0.25, -0.2) is 0 Å². The van der Waals surface area contributed by atoms with Gasteiger partial charge in [0.25, 0.3) is 5.69 Å². The number of nitrogens with one attached hydrogen (secondary N) is 1. The number of nitro groups is 2. The molecule has 2 aromatic rings. The van der Waals surface area contributed by atoms with Crippen LogP contribution in [-0.2, 0) is 4.79 Å². The molecule has 0 saturated carbocycles. The molecule has 0 aliphatic rings. The van der Waals surface area contributed by atoms with Crippen LogP contribution >= 0.6 is 0 Å². The lowest BCUT2D eigenvalue weighted by molar-refractivity contribution is -0.393. The fourth-order valence-corrected chi connectivity index (χ4v) is 2.71. The Balaban J connectivity index is 2.71. The summed E-state index contributed by atoms with van der Waals surface area (Å²) in [6.45, 7) is 3.85. The van der Waals surface area contributed by atoms with Gasteiger partial charge >= 0.3 is 5.69 Å². The number of nitro benzene ring substituents is 2. The van der Waals surface area contributed by atoms with Gasteiger partial charge in [0, 0.05) is 32.6 Å². The second kappa shape index (κ2) is 9.94. The maximum atomic E-state index is 11.7. The first-order valence-electron chi connectivity index (χ1n) is 9.12. The zero-order valence-corrected chi connectivity index (χ0v) is 17.6. The molecule has 2 rings (SSSR count). The molecule has 1 N–H and O–H groups in total. The summed E-state index contributed by atoms with van der Waals surface area (Å²) < 4.78 is 5.38. The Bertz CT molecular complexity index is 1160. The number of non-ortho nitro benzene ring substituents is 1. The Kier molecular flexibility index (Phi) is 7.35. The average Bonchev–Trinajstić information content (AvgIpc) is 2.76. The van der Waals surface area contributed by atoms with Crippen molar-refractivity contribution in [2.75, 3.05) is 30.9 Å². The number of hydrogen-bond acceptors (Lipinski definition) is 10. The van der Waals surface area contributed by atoms with Crippen LogP contribution in [0.3, 0.4) is 0 Å². The van der Waals surface area contributed by atoms with Gasteiger partial charge in [-0.05, 0) is 13.0 Å². The third-order valence-corrected chi connectivity index (χ3v) is 4.35. The molecule has 1 amide bonds. The number of hydrogen-bond donors (Lipinski definition) is 1. The number of azo groups is 1. The zero-order valence-electron chi connectivity index (χ0n) is 17.6. The van der Waals surface area contributed by atoms with Crippen LogP contribution in [-0.4, -0.2) is 36.5 Å². The summed E-state index contributed by atoms with van der Waals surface area (Å²) >= 11 is 0. The van der Waals surface area contributed by atoms with Crippen molar-refractivity contribution in [3.63, 3.8) is 0 Å². The second-order valence-corrected chi connectivity index (χ2v) is 6.42. The van der Waals surface area contributed by atoms with Gasteiger partial charge in [0.15, 0.2) is 5.69 Å². The van der Waals surface area contributed by atoms with Gasteiger partial charge in [0.1, 0.15) is 17.5 Å². The number of nitriles is 1. The number of methoxy groups -OCH3 is 1. The van der Waals surface area contributed by atoms with E-state index in [1.54, 1.807) is 12.1 Å². The Morgan fingerprint density at radius 2 is 1.91 bits per heavy atom. The number of amides is 1. The molecule has 0 atom stereocenters. The predicted octanol–water partition coefficient (Wildman–Crippen LogP) is 4.21. The standard InChI is InChI=1S/C19H19N7O6/c1-5-24(3)16-8-14(21-11(2)27)15(9-18(16)32-4)22-23-19-12(10-20)6-13(25(28)29)7-17(19)26(30)31/h6-9H,5H2,1-4H3,(H,21,27). The fourth-order valence-electron chi connectivity index (χ4n) is 2.71. The molecule has 166 valence electrons. The van der Waals surface area contributed by atoms with Crippen molar-refractivity contribution in [2.24, 2.45) is 10.2 Å². The zero-order chi connectivity index (χ0) is 24.0. The summed E-state index contributed by atoms with van der Waals surface area (Å²) in [4.78, 5) is 34.2. The molecule has 0 saturated heterocycles. The minimum Gasteiger partial charge on any atom is -0.494 e. The lowest BCUT2D eigenvalue weighted by Crippen LogP contribution is -2.17. The summed E-state index contributed by atoms with van der Waals surface area (Å²) in [6, 6.07) is 6.31. The average molecular weight is 441 g/mol. The van der Waals surface area contributed by atoms with E-state index in [9.17, 15) is 30.3 Å². The third kappa shape index (κ3) is 5.11. The Labute approximate surface area is 182 Å². The lowest BCUT2D eigenvalue weighted by atomic mass is 10.1. The maximum absolute atomic E-state index is 11.7. The summed E-state index contributed by atoms with van der Waals surface area (Å²) in [6.07, 6.45) is 0. The molecule has 13 nitrogen and oxygen atoms in total. The van der Waals surface area contributed by atoms with E-state index in [-0.39, 0.29) is 11.4 Å². The third-order valence-electron chi connectivity index (χ3n) is 4.35. The monoisotopic (exact) mass is 441 g/mol. The van der Waals surface area contributed by atoms with Crippen LogP contribution in [0.1, 0.15) is 19.4 Å². The number of carbonyl (C=O) groups excluding carboxylic acids is 1. The summed E-state index contributed by atoms with van der Waals surface area (Å²) in [5.41, 5.74) is -1.23. The van der Waals surface area contributed by atoms with Crippen LogP contribution in [0.15, 0.2) is 34.5 Å². The Morgan fingerprint density at radius 3 is 2.41 bits per heavy atom. The molecule has 13 heteroatoms. The molecule has 0 bridgehead atoms. The van der Waals surface area contributed by atoms with E-state index in [1.807, 2.05) is 18.9 Å². The van der Waals surface area contributed by atoms with Crippen molar-refractivity contribution in [3.8, 4) is 11.8 Å². The van der Waals surface area contributed by atoms with Crippen LogP contribution < -0.4 is 15.0 Å². The van der Waals surface area contributed by atoms with E-state index >= 15 is 0 Å². The van der Waals surface area contributed by atoms with Gasteiger partial charge in [0.2, 0.25) is 5.91 Å². The van der Waals surface area contributed by atoms with Crippen LogP contribution in [0.5, 0.6) is 5.75 Å². The molecule has 2 aromatic carbocycles. The minimum atomic E-state index is -0.892. The van der Waals surface area contributed by atoms with Gasteiger partial charge < -0.3 is 15.0 Å². The molecule has 0 heterocycles. The molecule has 0 spiro atoms. The van der Waals surface area contributed by atoms with E-state index in [1.165, 1.54) is 20.1 Å². The summed E-state index contributed by atoms with van der Waals surface area (Å²) in [5.74, 6) is 0.00635. The first-order valence-corrected chi connectivity index (χ1v) is 9.12. The van der Waals surface area contributed by atoms with Crippen molar-refractivity contribution in [1.29, 1.82) is 5.26 Å². The molecule has 0 radical (unpaired) electrons. The minimum absolute atomic E-state index is 0.0989. The quantitative estimate of drug-likeness (QED) is 0.359. The molecule has 32 heavy (non-hydrogen) atoms. The fraction of sp³-hybridized carbons (Fsp3) is 0.263. The van der Waals surface area contributed by atoms with Gasteiger partial charge in [-0.3, -0.25) is 25.0 Å². The largest absolute Gasteiger partial charge is 0.494 e. The number of anilines is 2. The van der Waals surface area contributed by atoms with Crippen molar-refractivity contribution in [1.82, 2.24) is 0 Å². The van der Waals surface area contributed by atoms with Crippen LogP contribution in [0, 0.1) is 31.6 Å². The second-order valence-electron chi connectivity index (χ2n) is 6.42. The van der Waals surface area contributed by atoms with Crippen LogP contribution in [0.25, 0.3) is 0 Å². The number of benzene rings is 2. The van der Waals surface area contributed by atoms with Crippen LogP contribution in [0.4, 0.5) is 34.1 Å². The highest BCUT2D eigenvalue weighted by molar-refractivity contribution is 5.93. The number of nitrogens with zero attached hydrogens (tertiary/aromatic N) is 6. The highest BCUT2D eigenvalue weighted by Gasteiger charge is 2.25. The van der Waals surface area contributed by atoms with Gasteiger partial charge in [0.05, 0.1) is 40.0 Å². The van der Waals surface area contributed by atoms with Gasteiger partial charge in [-0.2, -0.15) is 5.26 Å². The molecule has 0 fully saturated rings. The lowest BCUT2D eigenvalue weighted by Gasteiger charge is -2.21. The molecule has 0 aliphatic heterocycles. The summed E-state index contributed by atoms with van der Waals surface area (Å²) in [7, 11) is 3.26. The van der Waals surface area contributed by atoms with Crippen molar-refractivity contribution < 1.29 is 19.4 Å². The summed E-state index contributed by atoms with van der Waals surface area (Å²) in [5, 5.41) is 42.2. The number of rotatable bonds is 8. The number of carbonyl (C=O) groups is 1. The highest BCUT2D eigenvalue weighted by Crippen LogP contribution is 2.41. The van der Waals surface area contributed by atoms with E-state index < -0.39 is 38.4 Å². The SMILES string of the molecule is CCN(C)c1cc(NC(C)=O)c(N=Nc2c(C#N)cc([N+](=O)[O-])cc2[N+](=O)[O-])cc1OC.